The molecule has 0 spiro atoms. The number of halogens is 1. The third-order valence-electron chi connectivity index (χ3n) is 5.76. The molecule has 1 N–H and O–H groups in total. The molecule has 1 fully saturated rings. The number of hydrogen-bond donors (Lipinski definition) is 1. The quantitative estimate of drug-likeness (QED) is 0.755. The van der Waals surface area contributed by atoms with Gasteiger partial charge in [-0.3, -0.25) is 14.5 Å². The molecule has 2 amide bonds. The highest BCUT2D eigenvalue weighted by Gasteiger charge is 2.38. The molecule has 1 atom stereocenters. The molecule has 2 aromatic carbocycles. The standard InChI is InChI=1S/C22H24ClN3O4S/c1-15(27)26-20-10-9-17(31(29,30)25-11-5-2-6-12-25)13-16(20)14-21(26)22(28)24-19-8-4-3-7-18(19)23/h3-4,7-10,13,21H,2,5-6,11-12,14H2,1H3,(H,24,28). The van der Waals surface area contributed by atoms with E-state index in [1.807, 2.05) is 0 Å². The first-order valence-electron chi connectivity index (χ1n) is 10.3. The molecule has 2 heterocycles. The number of fused-ring (bicyclic) bond motifs is 1. The van der Waals surface area contributed by atoms with Crippen LogP contribution in [-0.4, -0.2) is 43.7 Å². The van der Waals surface area contributed by atoms with Crippen molar-refractivity contribution in [1.29, 1.82) is 0 Å². The van der Waals surface area contributed by atoms with Crippen molar-refractivity contribution in [1.82, 2.24) is 4.31 Å². The second-order valence-corrected chi connectivity index (χ2v) is 10.2. The van der Waals surface area contributed by atoms with Gasteiger partial charge in [0.15, 0.2) is 0 Å². The molecule has 0 aliphatic carbocycles. The van der Waals surface area contributed by atoms with Crippen molar-refractivity contribution in [2.24, 2.45) is 0 Å². The summed E-state index contributed by atoms with van der Waals surface area (Å²) in [5.41, 5.74) is 1.68. The van der Waals surface area contributed by atoms with Crippen LogP contribution in [0.1, 0.15) is 31.7 Å². The van der Waals surface area contributed by atoms with Crippen molar-refractivity contribution in [2.45, 2.75) is 43.5 Å². The number of amides is 2. The van der Waals surface area contributed by atoms with E-state index in [2.05, 4.69) is 5.32 Å². The first kappa shape index (κ1) is 21.8. The lowest BCUT2D eigenvalue weighted by atomic mass is 10.1. The number of para-hydroxylation sites is 1. The minimum absolute atomic E-state index is 0.198. The summed E-state index contributed by atoms with van der Waals surface area (Å²) >= 11 is 6.14. The molecule has 0 bridgehead atoms. The number of sulfonamides is 1. The summed E-state index contributed by atoms with van der Waals surface area (Å²) in [5.74, 6) is -0.662. The molecular formula is C22H24ClN3O4S. The van der Waals surface area contributed by atoms with Crippen LogP contribution in [0.25, 0.3) is 0 Å². The number of anilines is 2. The molecule has 31 heavy (non-hydrogen) atoms. The summed E-state index contributed by atoms with van der Waals surface area (Å²) in [6, 6.07) is 10.8. The highest BCUT2D eigenvalue weighted by Crippen LogP contribution is 2.36. The summed E-state index contributed by atoms with van der Waals surface area (Å²) in [6.07, 6.45) is 2.97. The van der Waals surface area contributed by atoms with Gasteiger partial charge in [0.25, 0.3) is 0 Å². The van der Waals surface area contributed by atoms with Gasteiger partial charge >= 0.3 is 0 Å². The van der Waals surface area contributed by atoms with Crippen molar-refractivity contribution in [3.05, 3.63) is 53.1 Å². The van der Waals surface area contributed by atoms with Crippen LogP contribution >= 0.6 is 11.6 Å². The Morgan fingerprint density at radius 3 is 2.45 bits per heavy atom. The fourth-order valence-corrected chi connectivity index (χ4v) is 5.97. The van der Waals surface area contributed by atoms with Gasteiger partial charge in [0.2, 0.25) is 21.8 Å². The Kier molecular flexibility index (Phi) is 6.05. The Balaban J connectivity index is 1.62. The van der Waals surface area contributed by atoms with Crippen molar-refractivity contribution < 1.29 is 18.0 Å². The van der Waals surface area contributed by atoms with Crippen molar-refractivity contribution in [3.63, 3.8) is 0 Å². The van der Waals surface area contributed by atoms with Crippen LogP contribution < -0.4 is 10.2 Å². The molecule has 1 saturated heterocycles. The number of rotatable bonds is 4. The molecule has 2 aromatic rings. The largest absolute Gasteiger partial charge is 0.323 e. The molecule has 2 aliphatic heterocycles. The normalized spacial score (nSPS) is 19.2. The maximum atomic E-state index is 13.0. The van der Waals surface area contributed by atoms with Gasteiger partial charge in [-0.05, 0) is 48.7 Å². The van der Waals surface area contributed by atoms with Crippen LogP contribution in [0, 0.1) is 0 Å². The first-order valence-corrected chi connectivity index (χ1v) is 12.1. The highest BCUT2D eigenvalue weighted by molar-refractivity contribution is 7.89. The van der Waals surface area contributed by atoms with Gasteiger partial charge in [-0.25, -0.2) is 8.42 Å². The SMILES string of the molecule is CC(=O)N1c2ccc(S(=O)(=O)N3CCCCC3)cc2CC1C(=O)Nc1ccccc1Cl. The topological polar surface area (TPSA) is 86.8 Å². The Morgan fingerprint density at radius 1 is 1.06 bits per heavy atom. The Morgan fingerprint density at radius 2 is 1.77 bits per heavy atom. The van der Waals surface area contributed by atoms with E-state index in [0.29, 0.717) is 35.1 Å². The number of benzene rings is 2. The van der Waals surface area contributed by atoms with Crippen LogP contribution in [0.2, 0.25) is 5.02 Å². The zero-order chi connectivity index (χ0) is 22.2. The minimum Gasteiger partial charge on any atom is -0.323 e. The van der Waals surface area contributed by atoms with Crippen molar-refractivity contribution in [3.8, 4) is 0 Å². The lowest BCUT2D eigenvalue weighted by molar-refractivity contribution is -0.122. The maximum absolute atomic E-state index is 13.0. The molecule has 0 saturated carbocycles. The molecule has 7 nitrogen and oxygen atoms in total. The molecule has 0 aromatic heterocycles. The minimum atomic E-state index is -3.60. The van der Waals surface area contributed by atoms with Gasteiger partial charge < -0.3 is 5.32 Å². The van der Waals surface area contributed by atoms with Crippen LogP contribution in [-0.2, 0) is 26.0 Å². The van der Waals surface area contributed by atoms with Gasteiger partial charge in [-0.15, -0.1) is 0 Å². The molecule has 1 unspecified atom stereocenters. The van der Waals surface area contributed by atoms with E-state index in [1.54, 1.807) is 36.4 Å². The third-order valence-corrected chi connectivity index (χ3v) is 7.99. The predicted octanol–water partition coefficient (Wildman–Crippen LogP) is 3.43. The van der Waals surface area contributed by atoms with E-state index in [0.717, 1.165) is 19.3 Å². The Hall–Kier alpha value is -2.42. The number of hydrogen-bond acceptors (Lipinski definition) is 4. The molecular weight excluding hydrogens is 438 g/mol. The van der Waals surface area contributed by atoms with Crippen LogP contribution in [0.4, 0.5) is 11.4 Å². The summed E-state index contributed by atoms with van der Waals surface area (Å²) < 4.78 is 27.6. The lowest BCUT2D eigenvalue weighted by Gasteiger charge is -2.26. The Labute approximate surface area is 187 Å². The second kappa shape index (κ2) is 8.61. The van der Waals surface area contributed by atoms with E-state index in [9.17, 15) is 18.0 Å². The summed E-state index contributed by atoms with van der Waals surface area (Å²) in [7, 11) is -3.60. The van der Waals surface area contributed by atoms with Crippen molar-refractivity contribution >= 4 is 44.8 Å². The maximum Gasteiger partial charge on any atom is 0.247 e. The molecule has 2 aliphatic rings. The fourth-order valence-electron chi connectivity index (χ4n) is 4.22. The number of nitrogens with one attached hydrogen (secondary N) is 1. The molecule has 0 radical (unpaired) electrons. The number of carbonyl (C=O) groups excluding carboxylic acids is 2. The van der Waals surface area contributed by atoms with Crippen LogP contribution in [0.3, 0.4) is 0 Å². The highest BCUT2D eigenvalue weighted by atomic mass is 35.5. The Bertz CT molecular complexity index is 1130. The van der Waals surface area contributed by atoms with E-state index >= 15 is 0 Å². The lowest BCUT2D eigenvalue weighted by Crippen LogP contribution is -2.44. The molecule has 9 heteroatoms. The summed E-state index contributed by atoms with van der Waals surface area (Å²) in [5, 5.41) is 3.18. The van der Waals surface area contributed by atoms with E-state index in [4.69, 9.17) is 11.6 Å². The smallest absolute Gasteiger partial charge is 0.247 e. The van der Waals surface area contributed by atoms with E-state index in [-0.39, 0.29) is 23.1 Å². The monoisotopic (exact) mass is 461 g/mol. The van der Waals surface area contributed by atoms with Gasteiger partial charge in [0, 0.05) is 32.1 Å². The van der Waals surface area contributed by atoms with Gasteiger partial charge in [-0.2, -0.15) is 4.31 Å². The van der Waals surface area contributed by atoms with Gasteiger partial charge in [-0.1, -0.05) is 30.2 Å². The zero-order valence-corrected chi connectivity index (χ0v) is 18.7. The van der Waals surface area contributed by atoms with Crippen molar-refractivity contribution in [2.75, 3.05) is 23.3 Å². The average molecular weight is 462 g/mol. The second-order valence-electron chi connectivity index (χ2n) is 7.83. The summed E-state index contributed by atoms with van der Waals surface area (Å²) in [6.45, 7) is 2.42. The van der Waals surface area contributed by atoms with Crippen LogP contribution in [0.5, 0.6) is 0 Å². The predicted molar refractivity (Wildman–Crippen MR) is 120 cm³/mol. The fraction of sp³-hybridized carbons (Fsp3) is 0.364. The third kappa shape index (κ3) is 4.20. The summed E-state index contributed by atoms with van der Waals surface area (Å²) in [4.78, 5) is 27.0. The van der Waals surface area contributed by atoms with Gasteiger partial charge in [0.05, 0.1) is 15.6 Å². The molecule has 4 rings (SSSR count). The average Bonchev–Trinajstić information content (AvgIpc) is 3.15. The van der Waals surface area contributed by atoms with E-state index in [1.165, 1.54) is 22.2 Å². The van der Waals surface area contributed by atoms with E-state index < -0.39 is 16.1 Å². The number of piperidine rings is 1. The first-order chi connectivity index (χ1) is 14.8. The van der Waals surface area contributed by atoms with Crippen LogP contribution in [0.15, 0.2) is 47.4 Å². The number of nitrogens with zero attached hydrogens (tertiary/aromatic N) is 2. The number of carbonyl (C=O) groups is 2. The van der Waals surface area contributed by atoms with Gasteiger partial charge in [0.1, 0.15) is 6.04 Å². The molecule has 164 valence electrons. The zero-order valence-electron chi connectivity index (χ0n) is 17.2.